The predicted octanol–water partition coefficient (Wildman–Crippen LogP) is -13.6. The molecule has 0 aliphatic heterocycles. The summed E-state index contributed by atoms with van der Waals surface area (Å²) in [6.45, 7) is 0. The third kappa shape index (κ3) is 3.56. The topological polar surface area (TPSA) is 38.7 Å². The highest BCUT2D eigenvalue weighted by Gasteiger charge is 2.20. The van der Waals surface area contributed by atoms with Crippen LogP contribution in [0.2, 0.25) is 5.28 Å². The van der Waals surface area contributed by atoms with Gasteiger partial charge in [0.05, 0.1) is 0 Å². The number of benzene rings is 2. The molecule has 0 saturated heterocycles. The van der Waals surface area contributed by atoms with Gasteiger partial charge in [-0.3, -0.25) is 0 Å². The number of rotatable bonds is 2. The SMILES string of the molecule is Bc1c(B)c(B)c(-c2nc(Cl)nc(-c3c(B)c(B)c(B)c(B)c3B)n2)c(B)c1B. The molecule has 0 aliphatic carbocycles. The first kappa shape index (κ1) is 22.1. The van der Waals surface area contributed by atoms with Gasteiger partial charge in [0.1, 0.15) is 78.5 Å². The summed E-state index contributed by atoms with van der Waals surface area (Å²) < 4.78 is 0. The summed E-state index contributed by atoms with van der Waals surface area (Å²) in [6, 6.07) is 0. The van der Waals surface area contributed by atoms with Crippen molar-refractivity contribution in [1.29, 1.82) is 0 Å². The van der Waals surface area contributed by atoms with Crippen LogP contribution >= 0.6 is 11.6 Å². The lowest BCUT2D eigenvalue weighted by atomic mass is 9.60. The largest absolute Gasteiger partial charge is 0.226 e. The van der Waals surface area contributed by atoms with Crippen molar-refractivity contribution in [3.63, 3.8) is 0 Å². The standard InChI is InChI=1S/C15H20B10ClN3/c16-3-1(4(17)8(21)11(24)7(3)20)13-27-14(29-15(26)28-13)2-5(18)9(22)12(25)10(23)6(2)19/h16-25H2. The maximum Gasteiger partial charge on any atom is 0.226 e. The Morgan fingerprint density at radius 2 is 0.621 bits per heavy atom. The van der Waals surface area contributed by atoms with Gasteiger partial charge in [0.25, 0.3) is 0 Å². The van der Waals surface area contributed by atoms with Crippen molar-refractivity contribution < 1.29 is 0 Å². The zero-order valence-corrected chi connectivity index (χ0v) is 20.0. The van der Waals surface area contributed by atoms with Crippen LogP contribution in [0.5, 0.6) is 0 Å². The first-order valence-electron chi connectivity index (χ1n) is 10.0. The minimum absolute atomic E-state index is 0.231. The average molecular weight is 386 g/mol. The van der Waals surface area contributed by atoms with E-state index in [2.05, 4.69) is 88.4 Å². The molecule has 132 valence electrons. The first-order valence-corrected chi connectivity index (χ1v) is 10.4. The van der Waals surface area contributed by atoms with Crippen LogP contribution in [-0.2, 0) is 0 Å². The second kappa shape index (κ2) is 7.90. The zero-order chi connectivity index (χ0) is 21.8. The van der Waals surface area contributed by atoms with E-state index < -0.39 is 0 Å². The van der Waals surface area contributed by atoms with Crippen molar-refractivity contribution in [2.24, 2.45) is 0 Å². The molecule has 1 heterocycles. The first-order chi connectivity index (χ1) is 13.5. The summed E-state index contributed by atoms with van der Waals surface area (Å²) in [7, 11) is 21.5. The molecule has 0 radical (unpaired) electrons. The maximum atomic E-state index is 6.42. The molecule has 0 N–H and O–H groups in total. The minimum Gasteiger partial charge on any atom is -0.208 e. The third-order valence-corrected chi connectivity index (χ3v) is 7.22. The Kier molecular flexibility index (Phi) is 6.02. The van der Waals surface area contributed by atoms with Crippen LogP contribution in [0.4, 0.5) is 0 Å². The van der Waals surface area contributed by atoms with E-state index in [-0.39, 0.29) is 5.28 Å². The van der Waals surface area contributed by atoms with E-state index in [1.54, 1.807) is 0 Å². The van der Waals surface area contributed by atoms with E-state index in [0.29, 0.717) is 11.6 Å². The van der Waals surface area contributed by atoms with E-state index in [1.807, 2.05) is 0 Å². The lowest BCUT2D eigenvalue weighted by Gasteiger charge is -2.21. The van der Waals surface area contributed by atoms with Gasteiger partial charge in [-0.05, 0) is 11.6 Å². The molecule has 0 atom stereocenters. The van der Waals surface area contributed by atoms with Crippen molar-refractivity contribution in [2.45, 2.75) is 0 Å². The molecule has 0 bridgehead atoms. The van der Waals surface area contributed by atoms with Crippen molar-refractivity contribution in [2.75, 3.05) is 0 Å². The molecule has 14 heteroatoms. The van der Waals surface area contributed by atoms with Crippen molar-refractivity contribution in [3.8, 4) is 22.8 Å². The molecular weight excluding hydrogens is 366 g/mol. The third-order valence-electron chi connectivity index (χ3n) is 7.06. The van der Waals surface area contributed by atoms with E-state index in [9.17, 15) is 0 Å². The lowest BCUT2D eigenvalue weighted by molar-refractivity contribution is 1.07. The number of aromatic nitrogens is 3. The molecule has 0 aliphatic rings. The van der Waals surface area contributed by atoms with Crippen molar-refractivity contribution >= 4 is 145 Å². The van der Waals surface area contributed by atoms with Gasteiger partial charge in [-0.1, -0.05) is 21.9 Å². The maximum absolute atomic E-state index is 6.42. The number of halogens is 1. The van der Waals surface area contributed by atoms with Gasteiger partial charge in [-0.15, -0.1) is 32.8 Å². The molecule has 0 amide bonds. The Morgan fingerprint density at radius 3 is 0.897 bits per heavy atom. The van der Waals surface area contributed by atoms with Gasteiger partial charge in [0.15, 0.2) is 11.6 Å². The normalized spacial score (nSPS) is 10.9. The van der Waals surface area contributed by atoms with E-state index in [0.717, 1.165) is 11.1 Å². The zero-order valence-electron chi connectivity index (χ0n) is 19.2. The number of hydrogen-bond acceptors (Lipinski definition) is 3. The fraction of sp³-hybridized carbons (Fsp3) is 0. The molecule has 3 aromatic rings. The van der Waals surface area contributed by atoms with E-state index >= 15 is 0 Å². The van der Waals surface area contributed by atoms with Crippen LogP contribution in [0.1, 0.15) is 0 Å². The Labute approximate surface area is 187 Å². The van der Waals surface area contributed by atoms with Crippen LogP contribution in [-0.4, -0.2) is 93.4 Å². The summed E-state index contributed by atoms with van der Waals surface area (Å²) in [4.78, 5) is 14.0. The molecule has 0 unspecified atom stereocenters. The van der Waals surface area contributed by atoms with Gasteiger partial charge in [0.2, 0.25) is 5.28 Å². The second-order valence-electron chi connectivity index (χ2n) is 8.25. The molecule has 0 fully saturated rings. The van der Waals surface area contributed by atoms with Crippen LogP contribution in [0.25, 0.3) is 22.8 Å². The Bertz CT molecular complexity index is 1040. The monoisotopic (exact) mass is 387 g/mol. The highest BCUT2D eigenvalue weighted by atomic mass is 35.5. The van der Waals surface area contributed by atoms with Crippen molar-refractivity contribution in [3.05, 3.63) is 5.28 Å². The Hall–Kier alpha value is -1.61. The Morgan fingerprint density at radius 1 is 0.379 bits per heavy atom. The van der Waals surface area contributed by atoms with Crippen LogP contribution in [0.3, 0.4) is 0 Å². The molecule has 3 nitrogen and oxygen atoms in total. The molecule has 1 aromatic heterocycles. The van der Waals surface area contributed by atoms with Crippen LogP contribution in [0.15, 0.2) is 0 Å². The molecule has 29 heavy (non-hydrogen) atoms. The quantitative estimate of drug-likeness (QED) is 0.411. The van der Waals surface area contributed by atoms with Crippen molar-refractivity contribution in [1.82, 2.24) is 15.0 Å². The summed E-state index contributed by atoms with van der Waals surface area (Å²) in [5.41, 5.74) is 14.6. The highest BCUT2D eigenvalue weighted by Crippen LogP contribution is 2.16. The van der Waals surface area contributed by atoms with Crippen LogP contribution in [0, 0.1) is 0 Å². The molecule has 2 aromatic carbocycles. The number of nitrogens with zero attached hydrogens (tertiary/aromatic N) is 3. The average Bonchev–Trinajstić information content (AvgIpc) is 2.67. The van der Waals surface area contributed by atoms with E-state index in [1.165, 1.54) is 54.6 Å². The summed E-state index contributed by atoms with van der Waals surface area (Å²) >= 11 is 6.42. The summed E-state index contributed by atoms with van der Waals surface area (Å²) in [5.74, 6) is 1.30. The lowest BCUT2D eigenvalue weighted by Crippen LogP contribution is -2.55. The van der Waals surface area contributed by atoms with E-state index in [4.69, 9.17) is 16.6 Å². The minimum atomic E-state index is 0.231. The predicted molar refractivity (Wildman–Crippen MR) is 157 cm³/mol. The van der Waals surface area contributed by atoms with Gasteiger partial charge in [0, 0.05) is 11.1 Å². The second-order valence-corrected chi connectivity index (χ2v) is 8.59. The molecular formula is C15H20B10ClN3. The summed E-state index contributed by atoms with van der Waals surface area (Å²) in [6.07, 6.45) is 0. The van der Waals surface area contributed by atoms with Crippen LogP contribution < -0.4 is 54.6 Å². The Balaban J connectivity index is 2.37. The molecule has 0 saturated carbocycles. The smallest absolute Gasteiger partial charge is 0.208 e. The fourth-order valence-electron chi connectivity index (χ4n) is 4.24. The fourth-order valence-corrected chi connectivity index (χ4v) is 4.40. The molecule has 3 rings (SSSR count). The highest BCUT2D eigenvalue weighted by molar-refractivity contribution is 6.69. The van der Waals surface area contributed by atoms with Gasteiger partial charge in [-0.25, -0.2) is 4.98 Å². The van der Waals surface area contributed by atoms with Gasteiger partial charge < -0.3 is 0 Å². The summed E-state index contributed by atoms with van der Waals surface area (Å²) in [5, 5.41) is 0.231. The number of hydrogen-bond donors (Lipinski definition) is 0. The van der Waals surface area contributed by atoms with Gasteiger partial charge >= 0.3 is 0 Å². The molecule has 0 spiro atoms. The van der Waals surface area contributed by atoms with Gasteiger partial charge in [-0.2, -0.15) is 9.97 Å².